The topological polar surface area (TPSA) is 60.1 Å². The molecule has 0 fully saturated rings. The first-order valence-corrected chi connectivity index (χ1v) is 12.1. The lowest BCUT2D eigenvalue weighted by atomic mass is 10.1. The van der Waals surface area contributed by atoms with E-state index in [1.807, 2.05) is 6.07 Å². The van der Waals surface area contributed by atoms with E-state index in [2.05, 4.69) is 35.0 Å². The molecule has 0 aliphatic carbocycles. The molecule has 5 heteroatoms. The van der Waals surface area contributed by atoms with Crippen LogP contribution in [-0.2, 0) is 13.0 Å². The Morgan fingerprint density at radius 3 is 2.35 bits per heavy atom. The SMILES string of the molecule is CCCCCCCCCCCCn1c(CCNC(=O)c2ccco2)nc2ccccc21. The summed E-state index contributed by atoms with van der Waals surface area (Å²) in [6, 6.07) is 11.7. The van der Waals surface area contributed by atoms with Crippen molar-refractivity contribution in [1.82, 2.24) is 14.9 Å². The van der Waals surface area contributed by atoms with E-state index in [0.717, 1.165) is 17.9 Å². The lowest BCUT2D eigenvalue weighted by molar-refractivity contribution is 0.0926. The Hall–Kier alpha value is -2.56. The lowest BCUT2D eigenvalue weighted by Gasteiger charge is -2.10. The molecule has 0 unspecified atom stereocenters. The van der Waals surface area contributed by atoms with Gasteiger partial charge in [-0.15, -0.1) is 0 Å². The van der Waals surface area contributed by atoms with Crippen LogP contribution in [0.4, 0.5) is 0 Å². The molecule has 0 saturated heterocycles. The van der Waals surface area contributed by atoms with Gasteiger partial charge in [0, 0.05) is 19.5 Å². The smallest absolute Gasteiger partial charge is 0.286 e. The van der Waals surface area contributed by atoms with Crippen LogP contribution < -0.4 is 5.32 Å². The highest BCUT2D eigenvalue weighted by molar-refractivity contribution is 5.91. The number of unbranched alkanes of at least 4 members (excludes halogenated alkanes) is 9. The normalized spacial score (nSPS) is 11.3. The van der Waals surface area contributed by atoms with Crippen LogP contribution in [0.1, 0.15) is 87.5 Å². The van der Waals surface area contributed by atoms with Gasteiger partial charge in [-0.25, -0.2) is 4.98 Å². The van der Waals surface area contributed by atoms with Crippen molar-refractivity contribution in [2.45, 2.75) is 84.1 Å². The number of fused-ring (bicyclic) bond motifs is 1. The molecular weight excluding hydrogens is 386 g/mol. The van der Waals surface area contributed by atoms with Crippen molar-refractivity contribution in [1.29, 1.82) is 0 Å². The maximum atomic E-state index is 12.1. The van der Waals surface area contributed by atoms with Gasteiger partial charge in [-0.2, -0.15) is 0 Å². The van der Waals surface area contributed by atoms with Gasteiger partial charge < -0.3 is 14.3 Å². The Kier molecular flexibility index (Phi) is 9.68. The molecular formula is C26H37N3O2. The number of hydrogen-bond acceptors (Lipinski definition) is 3. The monoisotopic (exact) mass is 423 g/mol. The second-order valence-electron chi connectivity index (χ2n) is 8.33. The average Bonchev–Trinajstić information content (AvgIpc) is 3.44. The van der Waals surface area contributed by atoms with E-state index in [-0.39, 0.29) is 5.91 Å². The van der Waals surface area contributed by atoms with Gasteiger partial charge >= 0.3 is 0 Å². The summed E-state index contributed by atoms with van der Waals surface area (Å²) in [4.78, 5) is 16.9. The molecule has 3 aromatic rings. The van der Waals surface area contributed by atoms with Crippen LogP contribution in [0, 0.1) is 0 Å². The fourth-order valence-electron chi connectivity index (χ4n) is 4.11. The molecule has 0 atom stereocenters. The maximum absolute atomic E-state index is 12.1. The Morgan fingerprint density at radius 1 is 0.935 bits per heavy atom. The quantitative estimate of drug-likeness (QED) is 0.283. The Balaban J connectivity index is 1.44. The molecule has 0 aliphatic heterocycles. The van der Waals surface area contributed by atoms with Crippen molar-refractivity contribution in [3.63, 3.8) is 0 Å². The number of para-hydroxylation sites is 2. The van der Waals surface area contributed by atoms with Gasteiger partial charge in [-0.1, -0.05) is 76.8 Å². The third kappa shape index (κ3) is 7.27. The zero-order chi connectivity index (χ0) is 21.7. The number of aryl methyl sites for hydroxylation is 1. The average molecular weight is 424 g/mol. The zero-order valence-corrected chi connectivity index (χ0v) is 18.9. The highest BCUT2D eigenvalue weighted by Gasteiger charge is 2.12. The molecule has 31 heavy (non-hydrogen) atoms. The molecule has 1 amide bonds. The van der Waals surface area contributed by atoms with Crippen LogP contribution in [0.5, 0.6) is 0 Å². The number of hydrogen-bond donors (Lipinski definition) is 1. The summed E-state index contributed by atoms with van der Waals surface area (Å²) >= 11 is 0. The summed E-state index contributed by atoms with van der Waals surface area (Å²) in [5.74, 6) is 1.21. The molecule has 168 valence electrons. The van der Waals surface area contributed by atoms with Crippen LogP contribution in [0.2, 0.25) is 0 Å². The third-order valence-corrected chi connectivity index (χ3v) is 5.85. The van der Waals surface area contributed by atoms with E-state index >= 15 is 0 Å². The van der Waals surface area contributed by atoms with Gasteiger partial charge in [0.25, 0.3) is 5.91 Å². The summed E-state index contributed by atoms with van der Waals surface area (Å²) in [6.45, 7) is 3.80. The number of amides is 1. The van der Waals surface area contributed by atoms with Crippen LogP contribution in [0.3, 0.4) is 0 Å². The number of furan rings is 1. The van der Waals surface area contributed by atoms with Gasteiger partial charge in [0.2, 0.25) is 0 Å². The second-order valence-corrected chi connectivity index (χ2v) is 8.33. The van der Waals surface area contributed by atoms with E-state index in [1.165, 1.54) is 76.0 Å². The second kappa shape index (κ2) is 13.0. The maximum Gasteiger partial charge on any atom is 0.286 e. The third-order valence-electron chi connectivity index (χ3n) is 5.85. The lowest BCUT2D eigenvalue weighted by Crippen LogP contribution is -2.26. The summed E-state index contributed by atoms with van der Waals surface area (Å²) in [5.41, 5.74) is 2.22. The summed E-state index contributed by atoms with van der Waals surface area (Å²) in [7, 11) is 0. The Morgan fingerprint density at radius 2 is 1.65 bits per heavy atom. The van der Waals surface area contributed by atoms with Gasteiger partial charge in [0.1, 0.15) is 5.82 Å². The van der Waals surface area contributed by atoms with Crippen LogP contribution in [0.15, 0.2) is 47.1 Å². The molecule has 0 saturated carbocycles. The van der Waals surface area contributed by atoms with E-state index in [1.54, 1.807) is 12.1 Å². The van der Waals surface area contributed by atoms with Gasteiger partial charge in [-0.05, 0) is 30.7 Å². The minimum Gasteiger partial charge on any atom is -0.459 e. The molecule has 1 N–H and O–H groups in total. The van der Waals surface area contributed by atoms with E-state index < -0.39 is 0 Å². The number of carbonyl (C=O) groups is 1. The number of nitrogens with one attached hydrogen (secondary N) is 1. The summed E-state index contributed by atoms with van der Waals surface area (Å²) < 4.78 is 7.49. The van der Waals surface area contributed by atoms with E-state index in [9.17, 15) is 4.79 Å². The van der Waals surface area contributed by atoms with Gasteiger partial charge in [-0.3, -0.25) is 4.79 Å². The van der Waals surface area contributed by atoms with Crippen LogP contribution in [0.25, 0.3) is 11.0 Å². The number of nitrogens with zero attached hydrogens (tertiary/aromatic N) is 2. The molecule has 2 aromatic heterocycles. The van der Waals surface area contributed by atoms with E-state index in [0.29, 0.717) is 18.7 Å². The standard InChI is InChI=1S/C26H37N3O2/c1-2-3-4-5-6-7-8-9-10-13-20-29-23-16-12-11-15-22(23)28-25(29)18-19-27-26(30)24-17-14-21-31-24/h11-12,14-17,21H,2-10,13,18-20H2,1H3,(H,27,30). The van der Waals surface area contributed by atoms with Crippen LogP contribution in [-0.4, -0.2) is 22.0 Å². The number of benzene rings is 1. The van der Waals surface area contributed by atoms with Crippen molar-refractivity contribution in [3.05, 3.63) is 54.2 Å². The van der Waals surface area contributed by atoms with Crippen LogP contribution >= 0.6 is 0 Å². The van der Waals surface area contributed by atoms with Crippen molar-refractivity contribution < 1.29 is 9.21 Å². The molecule has 3 rings (SSSR count). The molecule has 0 radical (unpaired) electrons. The molecule has 0 bridgehead atoms. The number of rotatable bonds is 15. The fourth-order valence-corrected chi connectivity index (χ4v) is 4.11. The first-order chi connectivity index (χ1) is 15.3. The number of imidazole rings is 1. The van der Waals surface area contributed by atoms with Crippen molar-refractivity contribution in [3.8, 4) is 0 Å². The van der Waals surface area contributed by atoms with E-state index in [4.69, 9.17) is 9.40 Å². The minimum absolute atomic E-state index is 0.178. The van der Waals surface area contributed by atoms with Crippen molar-refractivity contribution in [2.75, 3.05) is 6.54 Å². The Labute approximate surface area is 186 Å². The fraction of sp³-hybridized carbons (Fsp3) is 0.538. The van der Waals surface area contributed by atoms with Gasteiger partial charge in [0.05, 0.1) is 17.3 Å². The predicted molar refractivity (Wildman–Crippen MR) is 126 cm³/mol. The molecule has 2 heterocycles. The number of carbonyl (C=O) groups excluding carboxylic acids is 1. The summed E-state index contributed by atoms with van der Waals surface area (Å²) in [5, 5.41) is 2.93. The molecule has 0 aliphatic rings. The molecule has 0 spiro atoms. The Bertz CT molecular complexity index is 899. The highest BCUT2D eigenvalue weighted by Crippen LogP contribution is 2.18. The highest BCUT2D eigenvalue weighted by atomic mass is 16.3. The molecule has 1 aromatic carbocycles. The molecule has 5 nitrogen and oxygen atoms in total. The minimum atomic E-state index is -0.178. The zero-order valence-electron chi connectivity index (χ0n) is 18.9. The van der Waals surface area contributed by atoms with Gasteiger partial charge in [0.15, 0.2) is 5.76 Å². The first-order valence-electron chi connectivity index (χ1n) is 12.1. The van der Waals surface area contributed by atoms with Crippen molar-refractivity contribution in [2.24, 2.45) is 0 Å². The first kappa shape index (κ1) is 23.1. The van der Waals surface area contributed by atoms with Crippen molar-refractivity contribution >= 4 is 16.9 Å². The largest absolute Gasteiger partial charge is 0.459 e. The predicted octanol–water partition coefficient (Wildman–Crippen LogP) is 6.52. The number of aromatic nitrogens is 2. The summed E-state index contributed by atoms with van der Waals surface area (Å²) in [6.07, 6.45) is 15.6.